The normalized spacial score (nSPS) is 29.5. The number of benzene rings is 1. The van der Waals surface area contributed by atoms with E-state index in [1.54, 1.807) is 13.0 Å². The first kappa shape index (κ1) is 21.8. The minimum Gasteiger partial charge on any atom is -0.475 e. The van der Waals surface area contributed by atoms with Gasteiger partial charge in [0.15, 0.2) is 12.2 Å². The highest BCUT2D eigenvalue weighted by Crippen LogP contribution is 2.41. The smallest absolute Gasteiger partial charge is 0.430 e. The van der Waals surface area contributed by atoms with Gasteiger partial charge in [0, 0.05) is 10.0 Å². The summed E-state index contributed by atoms with van der Waals surface area (Å²) in [5.41, 5.74) is 0.0268. The van der Waals surface area contributed by atoms with Crippen LogP contribution < -0.4 is 4.74 Å². The summed E-state index contributed by atoms with van der Waals surface area (Å²) in [6, 6.07) is 3.12. The highest BCUT2D eigenvalue weighted by Gasteiger charge is 2.53. The molecule has 0 aliphatic carbocycles. The lowest BCUT2D eigenvalue weighted by Gasteiger charge is -2.29. The molecule has 1 aromatic rings. The number of hydrogen-bond donors (Lipinski definition) is 0. The minimum atomic E-state index is -4.87. The fraction of sp³-hybridized carbons (Fsp3) is 0.500. The third-order valence-corrected chi connectivity index (χ3v) is 5.53. The molecule has 31 heavy (non-hydrogen) atoms. The quantitative estimate of drug-likeness (QED) is 0.346. The Morgan fingerprint density at radius 3 is 2.52 bits per heavy atom. The maximum absolute atomic E-state index is 13.6. The van der Waals surface area contributed by atoms with E-state index in [-0.39, 0.29) is 24.5 Å². The van der Waals surface area contributed by atoms with Crippen molar-refractivity contribution >= 4 is 28.0 Å². The Morgan fingerprint density at radius 1 is 1.23 bits per heavy atom. The molecule has 0 amide bonds. The maximum atomic E-state index is 13.6. The van der Waals surface area contributed by atoms with Crippen LogP contribution in [0.4, 0.5) is 13.2 Å². The zero-order valence-corrected chi connectivity index (χ0v) is 17.3. The molecule has 0 N–H and O–H groups in total. The second kappa shape index (κ2) is 7.95. The molecular formula is C18H15BrF3NO8. The number of carbonyl (C=O) groups excluding carboxylic acids is 1. The SMILES string of the molecule is Cc1cc(Br)cc2c1O[C@H](C(F)(F)F)C(C(=O)O[C@H]1CO[C@H]3[C@@H]1OC[C@H]3O[N+](=O)[O-])=C2. The number of fused-ring (bicyclic) bond motifs is 2. The summed E-state index contributed by atoms with van der Waals surface area (Å²) in [6.45, 7) is 1.21. The van der Waals surface area contributed by atoms with E-state index in [0.29, 0.717) is 10.0 Å². The Balaban J connectivity index is 1.56. The average molecular weight is 510 g/mol. The van der Waals surface area contributed by atoms with Crippen molar-refractivity contribution < 1.29 is 46.8 Å². The van der Waals surface area contributed by atoms with E-state index < -0.39 is 53.3 Å². The molecule has 2 saturated heterocycles. The molecule has 0 radical (unpaired) electrons. The zero-order valence-electron chi connectivity index (χ0n) is 15.8. The van der Waals surface area contributed by atoms with Crippen molar-refractivity contribution in [1.82, 2.24) is 0 Å². The Bertz CT molecular complexity index is 952. The molecule has 4 rings (SSSR count). The van der Waals surface area contributed by atoms with Crippen LogP contribution in [0.5, 0.6) is 5.75 Å². The standard InChI is InChI=1S/C18H15BrF3NO8/c1-7-2-9(19)3-8-4-10(16(18(20,21)22)30-13(7)8)17(24)29-11-5-27-15-12(31-23(25)26)6-28-14(11)15/h2-4,11-12,14-16H,5-6H2,1H3/t11-,12+,14+,15+,16-/m0/s1. The van der Waals surface area contributed by atoms with Crippen LogP contribution in [-0.2, 0) is 23.8 Å². The number of rotatable bonds is 4. The summed E-state index contributed by atoms with van der Waals surface area (Å²) >= 11 is 3.26. The molecule has 0 aromatic heterocycles. The van der Waals surface area contributed by atoms with Gasteiger partial charge < -0.3 is 23.8 Å². The molecule has 9 nitrogen and oxygen atoms in total. The van der Waals surface area contributed by atoms with Crippen LogP contribution in [-0.4, -0.2) is 61.0 Å². The second-order valence-electron chi connectivity index (χ2n) is 7.19. The van der Waals surface area contributed by atoms with Gasteiger partial charge in [-0.1, -0.05) is 15.9 Å². The Morgan fingerprint density at radius 2 is 1.87 bits per heavy atom. The van der Waals surface area contributed by atoms with Gasteiger partial charge in [0.2, 0.25) is 6.10 Å². The van der Waals surface area contributed by atoms with Gasteiger partial charge in [0.05, 0.1) is 18.8 Å². The molecule has 0 spiro atoms. The van der Waals surface area contributed by atoms with Crippen molar-refractivity contribution in [2.75, 3.05) is 13.2 Å². The predicted molar refractivity (Wildman–Crippen MR) is 98.6 cm³/mol. The van der Waals surface area contributed by atoms with Crippen LogP contribution >= 0.6 is 15.9 Å². The van der Waals surface area contributed by atoms with E-state index in [9.17, 15) is 28.1 Å². The number of halogens is 4. The summed E-state index contributed by atoms with van der Waals surface area (Å²) < 4.78 is 62.7. The summed E-state index contributed by atoms with van der Waals surface area (Å²) in [6.07, 6.45) is -10.1. The first-order valence-electron chi connectivity index (χ1n) is 9.05. The lowest BCUT2D eigenvalue weighted by molar-refractivity contribution is -0.769. The van der Waals surface area contributed by atoms with Crippen LogP contribution in [0.2, 0.25) is 0 Å². The number of hydrogen-bond acceptors (Lipinski definition) is 8. The van der Waals surface area contributed by atoms with Gasteiger partial charge in [-0.25, -0.2) is 4.79 Å². The number of alkyl halides is 3. The molecule has 2 fully saturated rings. The number of carbonyl (C=O) groups is 1. The maximum Gasteiger partial charge on any atom is 0.430 e. The first-order valence-corrected chi connectivity index (χ1v) is 9.84. The molecule has 13 heteroatoms. The second-order valence-corrected chi connectivity index (χ2v) is 8.10. The monoisotopic (exact) mass is 509 g/mol. The van der Waals surface area contributed by atoms with E-state index in [1.807, 2.05) is 0 Å². The summed E-state index contributed by atoms with van der Waals surface area (Å²) in [5, 5.41) is 9.55. The molecule has 168 valence electrons. The van der Waals surface area contributed by atoms with Gasteiger partial charge in [-0.15, -0.1) is 10.1 Å². The number of esters is 1. The number of ether oxygens (including phenoxy) is 4. The van der Waals surface area contributed by atoms with E-state index in [4.69, 9.17) is 18.9 Å². The van der Waals surface area contributed by atoms with Crippen LogP contribution in [0.1, 0.15) is 11.1 Å². The fourth-order valence-electron chi connectivity index (χ4n) is 3.79. The molecule has 5 atom stereocenters. The van der Waals surface area contributed by atoms with Gasteiger partial charge in [0.25, 0.3) is 5.09 Å². The molecule has 0 unspecified atom stereocenters. The van der Waals surface area contributed by atoms with E-state index in [1.165, 1.54) is 6.07 Å². The lowest BCUT2D eigenvalue weighted by Crippen LogP contribution is -2.43. The van der Waals surface area contributed by atoms with E-state index in [0.717, 1.165) is 6.08 Å². The zero-order chi connectivity index (χ0) is 22.5. The number of aryl methyl sites for hydroxylation is 1. The van der Waals surface area contributed by atoms with Crippen LogP contribution in [0.25, 0.3) is 6.08 Å². The van der Waals surface area contributed by atoms with Crippen molar-refractivity contribution in [3.63, 3.8) is 0 Å². The highest BCUT2D eigenvalue weighted by molar-refractivity contribution is 9.10. The molecule has 1 aromatic carbocycles. The third kappa shape index (κ3) is 4.21. The summed E-state index contributed by atoms with van der Waals surface area (Å²) in [5.74, 6) is -1.23. The van der Waals surface area contributed by atoms with Crippen molar-refractivity contribution in [2.45, 2.75) is 43.6 Å². The largest absolute Gasteiger partial charge is 0.475 e. The number of nitrogens with zero attached hydrogens (tertiary/aromatic N) is 1. The fourth-order valence-corrected chi connectivity index (χ4v) is 4.38. The van der Waals surface area contributed by atoms with Crippen LogP contribution in [0, 0.1) is 17.0 Å². The molecular weight excluding hydrogens is 495 g/mol. The first-order chi connectivity index (χ1) is 14.5. The lowest BCUT2D eigenvalue weighted by atomic mass is 9.99. The van der Waals surface area contributed by atoms with E-state index in [2.05, 4.69) is 20.8 Å². The topological polar surface area (TPSA) is 106 Å². The predicted octanol–water partition coefficient (Wildman–Crippen LogP) is 2.75. The molecule has 0 saturated carbocycles. The third-order valence-electron chi connectivity index (χ3n) is 5.07. The van der Waals surface area contributed by atoms with Gasteiger partial charge in [-0.05, 0) is 30.7 Å². The Labute approximate surface area is 181 Å². The summed E-state index contributed by atoms with van der Waals surface area (Å²) in [7, 11) is 0. The average Bonchev–Trinajstić information content (AvgIpc) is 3.23. The van der Waals surface area contributed by atoms with Crippen molar-refractivity contribution in [3.8, 4) is 5.75 Å². The Kier molecular flexibility index (Phi) is 5.60. The summed E-state index contributed by atoms with van der Waals surface area (Å²) in [4.78, 5) is 27.7. The molecule has 3 heterocycles. The minimum absolute atomic E-state index is 0.0187. The van der Waals surface area contributed by atoms with Crippen molar-refractivity contribution in [1.29, 1.82) is 0 Å². The van der Waals surface area contributed by atoms with Gasteiger partial charge in [0.1, 0.15) is 18.0 Å². The van der Waals surface area contributed by atoms with Gasteiger partial charge >= 0.3 is 12.1 Å². The highest BCUT2D eigenvalue weighted by atomic mass is 79.9. The van der Waals surface area contributed by atoms with Crippen molar-refractivity contribution in [3.05, 3.63) is 43.4 Å². The van der Waals surface area contributed by atoms with Crippen LogP contribution in [0.3, 0.4) is 0 Å². The molecule has 3 aliphatic rings. The van der Waals surface area contributed by atoms with Crippen molar-refractivity contribution in [2.24, 2.45) is 0 Å². The van der Waals surface area contributed by atoms with E-state index >= 15 is 0 Å². The Hall–Kier alpha value is -2.38. The van der Waals surface area contributed by atoms with Gasteiger partial charge in [-0.2, -0.15) is 13.2 Å². The molecule has 3 aliphatic heterocycles. The molecule has 0 bridgehead atoms. The van der Waals surface area contributed by atoms with Gasteiger partial charge in [-0.3, -0.25) is 0 Å². The van der Waals surface area contributed by atoms with Crippen LogP contribution in [0.15, 0.2) is 22.2 Å².